The Morgan fingerprint density at radius 1 is 1.62 bits per heavy atom. The van der Waals surface area contributed by atoms with Crippen LogP contribution in [-0.2, 0) is 6.54 Å². The number of hydrogen-bond donors (Lipinski definition) is 1. The van der Waals surface area contributed by atoms with Crippen LogP contribution < -0.4 is 5.32 Å². The predicted molar refractivity (Wildman–Crippen MR) is 65.8 cm³/mol. The summed E-state index contributed by atoms with van der Waals surface area (Å²) in [7, 11) is 0. The molecule has 2 aromatic rings. The maximum Gasteiger partial charge on any atom is 0.193 e. The normalized spacial score (nSPS) is 22.9. The third-order valence-corrected chi connectivity index (χ3v) is 3.75. The smallest absolute Gasteiger partial charge is 0.193 e. The van der Waals surface area contributed by atoms with Gasteiger partial charge in [0.05, 0.1) is 5.69 Å². The van der Waals surface area contributed by atoms with Gasteiger partial charge < -0.3 is 5.32 Å². The molecule has 0 unspecified atom stereocenters. The molecular formula is C11H16N4S. The van der Waals surface area contributed by atoms with E-state index in [0.717, 1.165) is 31.1 Å². The standard InChI is InChI=1S/C11H16N4S/c1-9-6-14(3-2-12-9)7-10-8-15-4-5-16-11(15)13-10/h4-5,8-9,12H,2-3,6-7H2,1H3/t9-/m0/s1. The Balaban J connectivity index is 1.71. The first-order chi connectivity index (χ1) is 7.81. The summed E-state index contributed by atoms with van der Waals surface area (Å²) in [6.07, 6.45) is 4.20. The van der Waals surface area contributed by atoms with E-state index in [1.807, 2.05) is 0 Å². The van der Waals surface area contributed by atoms with Crippen molar-refractivity contribution in [1.82, 2.24) is 19.6 Å². The molecule has 3 heterocycles. The zero-order valence-electron chi connectivity index (χ0n) is 9.39. The molecule has 1 fully saturated rings. The third-order valence-electron chi connectivity index (χ3n) is 2.98. The fraction of sp³-hybridized carbons (Fsp3) is 0.545. The van der Waals surface area contributed by atoms with Gasteiger partial charge in [0, 0.05) is 50.0 Å². The number of fused-ring (bicyclic) bond motifs is 1. The van der Waals surface area contributed by atoms with Crippen molar-refractivity contribution in [2.75, 3.05) is 19.6 Å². The van der Waals surface area contributed by atoms with Crippen LogP contribution in [0.5, 0.6) is 0 Å². The van der Waals surface area contributed by atoms with E-state index in [1.165, 1.54) is 5.69 Å². The Hall–Kier alpha value is -0.910. The molecule has 3 rings (SSSR count). The highest BCUT2D eigenvalue weighted by atomic mass is 32.1. The van der Waals surface area contributed by atoms with Crippen LogP contribution in [0.25, 0.3) is 4.96 Å². The van der Waals surface area contributed by atoms with E-state index in [2.05, 4.69) is 44.3 Å². The summed E-state index contributed by atoms with van der Waals surface area (Å²) in [5.74, 6) is 0. The molecule has 5 heteroatoms. The molecule has 4 nitrogen and oxygen atoms in total. The van der Waals surface area contributed by atoms with Gasteiger partial charge in [0.2, 0.25) is 0 Å². The lowest BCUT2D eigenvalue weighted by Gasteiger charge is -2.31. The van der Waals surface area contributed by atoms with Crippen molar-refractivity contribution in [1.29, 1.82) is 0 Å². The topological polar surface area (TPSA) is 32.6 Å². The Morgan fingerprint density at radius 3 is 3.38 bits per heavy atom. The Labute approximate surface area is 98.9 Å². The van der Waals surface area contributed by atoms with Crippen LogP contribution in [0.4, 0.5) is 0 Å². The summed E-state index contributed by atoms with van der Waals surface area (Å²) in [6, 6.07) is 0.595. The number of hydrogen-bond acceptors (Lipinski definition) is 4. The van der Waals surface area contributed by atoms with Crippen molar-refractivity contribution < 1.29 is 0 Å². The van der Waals surface area contributed by atoms with Crippen molar-refractivity contribution in [3.63, 3.8) is 0 Å². The number of imidazole rings is 1. The molecule has 2 aromatic heterocycles. The van der Waals surface area contributed by atoms with Crippen LogP contribution in [-0.4, -0.2) is 40.0 Å². The number of nitrogens with zero attached hydrogens (tertiary/aromatic N) is 3. The van der Waals surface area contributed by atoms with E-state index < -0.39 is 0 Å². The summed E-state index contributed by atoms with van der Waals surface area (Å²) in [5.41, 5.74) is 1.18. The van der Waals surface area contributed by atoms with Crippen LogP contribution in [0.1, 0.15) is 12.6 Å². The van der Waals surface area contributed by atoms with Gasteiger partial charge in [0.15, 0.2) is 4.96 Å². The number of nitrogens with one attached hydrogen (secondary N) is 1. The van der Waals surface area contributed by atoms with Gasteiger partial charge in [-0.1, -0.05) is 0 Å². The van der Waals surface area contributed by atoms with E-state index >= 15 is 0 Å². The fourth-order valence-corrected chi connectivity index (χ4v) is 2.96. The molecule has 1 aliphatic rings. The van der Waals surface area contributed by atoms with E-state index in [-0.39, 0.29) is 0 Å². The zero-order chi connectivity index (χ0) is 11.0. The first kappa shape index (κ1) is 10.3. The molecule has 0 amide bonds. The molecule has 0 aliphatic carbocycles. The molecule has 1 aliphatic heterocycles. The van der Waals surface area contributed by atoms with Crippen LogP contribution in [0.2, 0.25) is 0 Å². The molecule has 1 saturated heterocycles. The highest BCUT2D eigenvalue weighted by Crippen LogP contribution is 2.13. The Morgan fingerprint density at radius 2 is 2.56 bits per heavy atom. The second kappa shape index (κ2) is 4.16. The van der Waals surface area contributed by atoms with E-state index in [1.54, 1.807) is 11.3 Å². The molecule has 0 spiro atoms. The van der Waals surface area contributed by atoms with Gasteiger partial charge in [-0.2, -0.15) is 0 Å². The molecule has 0 saturated carbocycles. The minimum Gasteiger partial charge on any atom is -0.312 e. The molecule has 0 aromatic carbocycles. The lowest BCUT2D eigenvalue weighted by molar-refractivity contribution is 0.198. The van der Waals surface area contributed by atoms with Crippen LogP contribution in [0.15, 0.2) is 17.8 Å². The fourth-order valence-electron chi connectivity index (χ4n) is 2.24. The average Bonchev–Trinajstić information content (AvgIpc) is 2.77. The Kier molecular flexibility index (Phi) is 2.67. The van der Waals surface area contributed by atoms with Gasteiger partial charge in [0.1, 0.15) is 0 Å². The maximum atomic E-state index is 4.61. The lowest BCUT2D eigenvalue weighted by Crippen LogP contribution is -2.48. The summed E-state index contributed by atoms with van der Waals surface area (Å²) < 4.78 is 2.10. The summed E-state index contributed by atoms with van der Waals surface area (Å²) >= 11 is 1.69. The van der Waals surface area contributed by atoms with Gasteiger partial charge in [-0.15, -0.1) is 11.3 Å². The van der Waals surface area contributed by atoms with E-state index in [9.17, 15) is 0 Å². The van der Waals surface area contributed by atoms with Gasteiger partial charge in [-0.05, 0) is 6.92 Å². The van der Waals surface area contributed by atoms with Gasteiger partial charge in [-0.25, -0.2) is 4.98 Å². The SMILES string of the molecule is C[C@H]1CN(Cc2cn3ccsc3n2)CCN1. The van der Waals surface area contributed by atoms with Gasteiger partial charge in [0.25, 0.3) is 0 Å². The minimum absolute atomic E-state index is 0.595. The first-order valence-corrected chi connectivity index (χ1v) is 6.56. The zero-order valence-corrected chi connectivity index (χ0v) is 10.2. The van der Waals surface area contributed by atoms with Crippen LogP contribution in [0, 0.1) is 0 Å². The lowest BCUT2D eigenvalue weighted by atomic mass is 10.2. The second-order valence-corrected chi connectivity index (χ2v) is 5.29. The van der Waals surface area contributed by atoms with E-state index in [0.29, 0.717) is 6.04 Å². The van der Waals surface area contributed by atoms with E-state index in [4.69, 9.17) is 0 Å². The number of piperazine rings is 1. The van der Waals surface area contributed by atoms with Crippen molar-refractivity contribution >= 4 is 16.3 Å². The third kappa shape index (κ3) is 1.98. The monoisotopic (exact) mass is 236 g/mol. The maximum absolute atomic E-state index is 4.61. The summed E-state index contributed by atoms with van der Waals surface area (Å²) in [6.45, 7) is 6.53. The molecule has 86 valence electrons. The van der Waals surface area contributed by atoms with Crippen molar-refractivity contribution in [2.45, 2.75) is 19.5 Å². The average molecular weight is 236 g/mol. The first-order valence-electron chi connectivity index (χ1n) is 5.68. The number of rotatable bonds is 2. The minimum atomic E-state index is 0.595. The van der Waals surface area contributed by atoms with Gasteiger partial charge >= 0.3 is 0 Å². The predicted octanol–water partition coefficient (Wildman–Crippen LogP) is 1.19. The molecule has 1 N–H and O–H groups in total. The number of thiazole rings is 1. The summed E-state index contributed by atoms with van der Waals surface area (Å²) in [5, 5.41) is 5.52. The number of aromatic nitrogens is 2. The molecule has 1 atom stereocenters. The largest absolute Gasteiger partial charge is 0.312 e. The Bertz CT molecular complexity index is 446. The van der Waals surface area contributed by atoms with Crippen molar-refractivity contribution in [3.05, 3.63) is 23.5 Å². The second-order valence-electron chi connectivity index (χ2n) is 4.42. The van der Waals surface area contributed by atoms with Crippen molar-refractivity contribution in [2.24, 2.45) is 0 Å². The summed E-state index contributed by atoms with van der Waals surface area (Å²) in [4.78, 5) is 8.17. The highest BCUT2D eigenvalue weighted by Gasteiger charge is 2.16. The van der Waals surface area contributed by atoms with Gasteiger partial charge in [-0.3, -0.25) is 9.30 Å². The molecule has 16 heavy (non-hydrogen) atoms. The van der Waals surface area contributed by atoms with Crippen LogP contribution in [0.3, 0.4) is 0 Å². The quantitative estimate of drug-likeness (QED) is 0.850. The van der Waals surface area contributed by atoms with Crippen molar-refractivity contribution in [3.8, 4) is 0 Å². The molecule has 0 radical (unpaired) electrons. The highest BCUT2D eigenvalue weighted by molar-refractivity contribution is 7.15. The van der Waals surface area contributed by atoms with Crippen LogP contribution >= 0.6 is 11.3 Å². The molecular weight excluding hydrogens is 220 g/mol. The molecule has 0 bridgehead atoms.